The minimum atomic E-state index is -3.00. The fourth-order valence-corrected chi connectivity index (χ4v) is 3.17. The molecule has 0 bridgehead atoms. The van der Waals surface area contributed by atoms with E-state index in [0.29, 0.717) is 6.42 Å². The molecular formula is C9H21NO2S. The Balaban J connectivity index is 4.46. The fourth-order valence-electron chi connectivity index (χ4n) is 1.21. The minimum absolute atomic E-state index is 0.177. The van der Waals surface area contributed by atoms with Crippen molar-refractivity contribution < 1.29 is 8.42 Å². The van der Waals surface area contributed by atoms with Gasteiger partial charge in [-0.3, -0.25) is 0 Å². The van der Waals surface area contributed by atoms with Gasteiger partial charge < -0.3 is 5.73 Å². The molecular weight excluding hydrogens is 186 g/mol. The Bertz CT molecular complexity index is 234. The zero-order chi connectivity index (χ0) is 10.6. The molecule has 3 nitrogen and oxygen atoms in total. The van der Waals surface area contributed by atoms with E-state index in [1.165, 1.54) is 0 Å². The zero-order valence-corrected chi connectivity index (χ0v) is 9.76. The highest BCUT2D eigenvalue weighted by atomic mass is 32.2. The maximum absolute atomic E-state index is 11.7. The van der Waals surface area contributed by atoms with E-state index in [-0.39, 0.29) is 17.7 Å². The van der Waals surface area contributed by atoms with Crippen molar-refractivity contribution in [2.24, 2.45) is 11.7 Å². The zero-order valence-electron chi connectivity index (χ0n) is 8.95. The lowest BCUT2D eigenvalue weighted by Crippen LogP contribution is -2.39. The predicted molar refractivity (Wildman–Crippen MR) is 56.4 cm³/mol. The number of rotatable bonds is 5. The third-order valence-electron chi connectivity index (χ3n) is 2.21. The summed E-state index contributed by atoms with van der Waals surface area (Å²) in [4.78, 5) is 0. The summed E-state index contributed by atoms with van der Waals surface area (Å²) in [5.41, 5.74) is 5.70. The first kappa shape index (κ1) is 12.9. The highest BCUT2D eigenvalue weighted by molar-refractivity contribution is 7.92. The van der Waals surface area contributed by atoms with Gasteiger partial charge >= 0.3 is 0 Å². The quantitative estimate of drug-likeness (QED) is 0.736. The average molecular weight is 207 g/mol. The normalized spacial score (nSPS) is 17.4. The second kappa shape index (κ2) is 4.96. The van der Waals surface area contributed by atoms with Crippen LogP contribution < -0.4 is 5.73 Å². The molecule has 0 aromatic heterocycles. The monoisotopic (exact) mass is 207 g/mol. The number of nitrogens with two attached hydrogens (primary N) is 1. The first-order valence-electron chi connectivity index (χ1n) is 4.78. The van der Waals surface area contributed by atoms with Crippen molar-refractivity contribution in [1.29, 1.82) is 0 Å². The Kier molecular flexibility index (Phi) is 4.92. The molecule has 0 rings (SSSR count). The SMILES string of the molecule is CCC(N)C(C)S(=O)(=O)CC(C)C. The van der Waals surface area contributed by atoms with Crippen molar-refractivity contribution in [2.45, 2.75) is 45.4 Å². The Hall–Kier alpha value is -0.0900. The van der Waals surface area contributed by atoms with Crippen LogP contribution in [0.2, 0.25) is 0 Å². The summed E-state index contributed by atoms with van der Waals surface area (Å²) in [5, 5.41) is -0.417. The van der Waals surface area contributed by atoms with Gasteiger partial charge in [-0.1, -0.05) is 20.8 Å². The van der Waals surface area contributed by atoms with Crippen molar-refractivity contribution in [1.82, 2.24) is 0 Å². The van der Waals surface area contributed by atoms with E-state index in [1.807, 2.05) is 20.8 Å². The van der Waals surface area contributed by atoms with Crippen LogP contribution >= 0.6 is 0 Å². The lowest BCUT2D eigenvalue weighted by Gasteiger charge is -2.19. The molecule has 13 heavy (non-hydrogen) atoms. The topological polar surface area (TPSA) is 60.2 Å². The molecule has 0 aliphatic rings. The number of sulfone groups is 1. The van der Waals surface area contributed by atoms with Crippen LogP contribution in [0, 0.1) is 5.92 Å². The molecule has 0 fully saturated rings. The van der Waals surface area contributed by atoms with Crippen LogP contribution in [0.4, 0.5) is 0 Å². The van der Waals surface area contributed by atoms with Crippen LogP contribution in [-0.2, 0) is 9.84 Å². The van der Waals surface area contributed by atoms with E-state index in [2.05, 4.69) is 0 Å². The van der Waals surface area contributed by atoms with Gasteiger partial charge in [-0.15, -0.1) is 0 Å². The summed E-state index contributed by atoms with van der Waals surface area (Å²) in [7, 11) is -3.00. The van der Waals surface area contributed by atoms with E-state index in [1.54, 1.807) is 6.92 Å². The van der Waals surface area contributed by atoms with E-state index in [9.17, 15) is 8.42 Å². The first-order valence-corrected chi connectivity index (χ1v) is 6.50. The highest BCUT2D eigenvalue weighted by Gasteiger charge is 2.26. The largest absolute Gasteiger partial charge is 0.327 e. The molecule has 0 aromatic carbocycles. The Morgan fingerprint density at radius 2 is 1.69 bits per heavy atom. The standard InChI is InChI=1S/C9H21NO2S/c1-5-9(10)8(4)13(11,12)6-7(2)3/h7-9H,5-6,10H2,1-4H3. The molecule has 80 valence electrons. The van der Waals surface area contributed by atoms with Crippen LogP contribution in [0.3, 0.4) is 0 Å². The molecule has 0 radical (unpaired) electrons. The van der Waals surface area contributed by atoms with Gasteiger partial charge in [0.15, 0.2) is 9.84 Å². The van der Waals surface area contributed by atoms with Crippen LogP contribution in [-0.4, -0.2) is 25.5 Å². The molecule has 2 N–H and O–H groups in total. The predicted octanol–water partition coefficient (Wildman–Crippen LogP) is 1.18. The third-order valence-corrected chi connectivity index (χ3v) is 4.82. The Morgan fingerprint density at radius 1 is 1.23 bits per heavy atom. The highest BCUT2D eigenvalue weighted by Crippen LogP contribution is 2.11. The Labute approximate surface area is 81.6 Å². The molecule has 0 heterocycles. The molecule has 0 aliphatic carbocycles. The molecule has 0 spiro atoms. The van der Waals surface area contributed by atoms with Crippen LogP contribution in [0.1, 0.15) is 34.1 Å². The summed E-state index contributed by atoms with van der Waals surface area (Å²) in [5.74, 6) is 0.415. The lowest BCUT2D eigenvalue weighted by molar-refractivity contribution is 0.542. The summed E-state index contributed by atoms with van der Waals surface area (Å²) >= 11 is 0. The molecule has 0 aliphatic heterocycles. The molecule has 0 amide bonds. The van der Waals surface area contributed by atoms with Crippen molar-refractivity contribution in [3.63, 3.8) is 0 Å². The summed E-state index contributed by atoms with van der Waals surface area (Å²) in [6, 6.07) is -0.233. The average Bonchev–Trinajstić information content (AvgIpc) is 1.99. The lowest BCUT2D eigenvalue weighted by atomic mass is 10.2. The first-order chi connectivity index (χ1) is 5.81. The minimum Gasteiger partial charge on any atom is -0.327 e. The van der Waals surface area contributed by atoms with Gasteiger partial charge in [0, 0.05) is 6.04 Å². The fraction of sp³-hybridized carbons (Fsp3) is 1.00. The van der Waals surface area contributed by atoms with E-state index < -0.39 is 15.1 Å². The van der Waals surface area contributed by atoms with Crippen LogP contribution in [0.5, 0.6) is 0 Å². The maximum atomic E-state index is 11.7. The van der Waals surface area contributed by atoms with E-state index >= 15 is 0 Å². The molecule has 0 saturated carbocycles. The molecule has 4 heteroatoms. The van der Waals surface area contributed by atoms with Crippen molar-refractivity contribution in [2.75, 3.05) is 5.75 Å². The van der Waals surface area contributed by atoms with Crippen molar-refractivity contribution in [3.8, 4) is 0 Å². The van der Waals surface area contributed by atoms with Gasteiger partial charge in [0.2, 0.25) is 0 Å². The molecule has 2 atom stereocenters. The van der Waals surface area contributed by atoms with Gasteiger partial charge in [-0.05, 0) is 19.3 Å². The second-order valence-corrected chi connectivity index (χ2v) is 6.40. The molecule has 0 saturated heterocycles. The van der Waals surface area contributed by atoms with Crippen molar-refractivity contribution >= 4 is 9.84 Å². The van der Waals surface area contributed by atoms with Gasteiger partial charge in [0.25, 0.3) is 0 Å². The summed E-state index contributed by atoms with van der Waals surface area (Å²) in [6.45, 7) is 7.42. The summed E-state index contributed by atoms with van der Waals surface area (Å²) < 4.78 is 23.3. The van der Waals surface area contributed by atoms with Gasteiger partial charge in [0.1, 0.15) is 0 Å². The number of hydrogen-bond donors (Lipinski definition) is 1. The van der Waals surface area contributed by atoms with Crippen LogP contribution in [0.25, 0.3) is 0 Å². The molecule has 0 aromatic rings. The smallest absolute Gasteiger partial charge is 0.154 e. The van der Waals surface area contributed by atoms with Crippen molar-refractivity contribution in [3.05, 3.63) is 0 Å². The Morgan fingerprint density at radius 3 is 2.00 bits per heavy atom. The molecule has 2 unspecified atom stereocenters. The van der Waals surface area contributed by atoms with Gasteiger partial charge in [-0.25, -0.2) is 8.42 Å². The maximum Gasteiger partial charge on any atom is 0.154 e. The van der Waals surface area contributed by atoms with Crippen LogP contribution in [0.15, 0.2) is 0 Å². The van der Waals surface area contributed by atoms with Gasteiger partial charge in [0.05, 0.1) is 11.0 Å². The third kappa shape index (κ3) is 4.09. The van der Waals surface area contributed by atoms with Gasteiger partial charge in [-0.2, -0.15) is 0 Å². The number of hydrogen-bond acceptors (Lipinski definition) is 3. The van der Waals surface area contributed by atoms with E-state index in [4.69, 9.17) is 5.73 Å². The second-order valence-electron chi connectivity index (χ2n) is 4.00. The van der Waals surface area contributed by atoms with E-state index in [0.717, 1.165) is 0 Å². The summed E-state index contributed by atoms with van der Waals surface area (Å²) in [6.07, 6.45) is 0.707.